The summed E-state index contributed by atoms with van der Waals surface area (Å²) in [5, 5.41) is 2.36. The zero-order valence-corrected chi connectivity index (χ0v) is 16.0. The summed E-state index contributed by atoms with van der Waals surface area (Å²) in [5.41, 5.74) is 8.59. The van der Waals surface area contributed by atoms with Crippen molar-refractivity contribution in [3.05, 3.63) is 106 Å². The van der Waals surface area contributed by atoms with E-state index in [-0.39, 0.29) is 5.92 Å². The average Bonchev–Trinajstić information content (AvgIpc) is 3.22. The summed E-state index contributed by atoms with van der Waals surface area (Å²) in [7, 11) is 0. The van der Waals surface area contributed by atoms with Gasteiger partial charge in [0.15, 0.2) is 0 Å². The van der Waals surface area contributed by atoms with Gasteiger partial charge in [-0.25, -0.2) is 0 Å². The number of benzene rings is 4. The average molecular weight is 411 g/mol. The molecule has 0 radical (unpaired) electrons. The van der Waals surface area contributed by atoms with Crippen LogP contribution < -0.4 is 0 Å². The minimum atomic E-state index is 0.242. The Hall–Kier alpha value is -2.84. The van der Waals surface area contributed by atoms with E-state index in [9.17, 15) is 0 Å². The van der Waals surface area contributed by atoms with Gasteiger partial charge in [0.05, 0.1) is 0 Å². The smallest absolute Gasteiger partial charge is 0.135 e. The van der Waals surface area contributed by atoms with Crippen molar-refractivity contribution >= 4 is 37.9 Å². The van der Waals surface area contributed by atoms with Gasteiger partial charge in [-0.2, -0.15) is 0 Å². The first-order chi connectivity index (χ1) is 13.3. The molecule has 0 aliphatic heterocycles. The van der Waals surface area contributed by atoms with Crippen molar-refractivity contribution in [1.82, 2.24) is 0 Å². The van der Waals surface area contributed by atoms with Crippen LogP contribution in [0.5, 0.6) is 0 Å². The van der Waals surface area contributed by atoms with Crippen LogP contribution >= 0.6 is 15.9 Å². The first-order valence-electron chi connectivity index (χ1n) is 9.09. The number of para-hydroxylation sites is 1. The summed E-state index contributed by atoms with van der Waals surface area (Å²) in [6, 6.07) is 30.3. The molecule has 128 valence electrons. The van der Waals surface area contributed by atoms with Gasteiger partial charge in [-0.05, 0) is 58.1 Å². The predicted molar refractivity (Wildman–Crippen MR) is 114 cm³/mol. The van der Waals surface area contributed by atoms with Gasteiger partial charge in [0.2, 0.25) is 0 Å². The Morgan fingerprint density at radius 3 is 2.37 bits per heavy atom. The maximum Gasteiger partial charge on any atom is 0.135 e. The number of rotatable bonds is 1. The molecule has 6 rings (SSSR count). The molecule has 1 nitrogen and oxygen atoms in total. The number of fused-ring (bicyclic) bond motifs is 6. The number of hydrogen-bond acceptors (Lipinski definition) is 1. The topological polar surface area (TPSA) is 13.1 Å². The monoisotopic (exact) mass is 410 g/mol. The second kappa shape index (κ2) is 5.58. The van der Waals surface area contributed by atoms with E-state index in [1.165, 1.54) is 38.6 Å². The lowest BCUT2D eigenvalue weighted by atomic mass is 9.88. The molecule has 0 bridgehead atoms. The van der Waals surface area contributed by atoms with Gasteiger partial charge in [0, 0.05) is 21.2 Å². The van der Waals surface area contributed by atoms with Crippen LogP contribution in [0.4, 0.5) is 0 Å². The lowest BCUT2D eigenvalue weighted by molar-refractivity contribution is 0.668. The molecule has 27 heavy (non-hydrogen) atoms. The summed E-state index contributed by atoms with van der Waals surface area (Å²) in [5.74, 6) is 0.242. The van der Waals surface area contributed by atoms with Crippen molar-refractivity contribution < 1.29 is 4.42 Å². The molecule has 1 unspecified atom stereocenters. The van der Waals surface area contributed by atoms with Crippen LogP contribution in [0, 0.1) is 0 Å². The molecular formula is C25H15BrO. The van der Waals surface area contributed by atoms with Gasteiger partial charge < -0.3 is 4.42 Å². The van der Waals surface area contributed by atoms with Crippen molar-refractivity contribution in [2.75, 3.05) is 0 Å². The lowest BCUT2D eigenvalue weighted by Gasteiger charge is -2.14. The third kappa shape index (κ3) is 2.17. The van der Waals surface area contributed by atoms with Crippen molar-refractivity contribution in [2.45, 2.75) is 5.92 Å². The van der Waals surface area contributed by atoms with Crippen LogP contribution in [-0.4, -0.2) is 0 Å². The van der Waals surface area contributed by atoms with E-state index in [0.717, 1.165) is 15.6 Å². The van der Waals surface area contributed by atoms with E-state index < -0.39 is 0 Å². The van der Waals surface area contributed by atoms with E-state index >= 15 is 0 Å². The molecule has 5 aromatic rings. The highest BCUT2D eigenvalue weighted by Crippen LogP contribution is 2.49. The largest absolute Gasteiger partial charge is 0.456 e. The maximum atomic E-state index is 6.02. The van der Waals surface area contributed by atoms with E-state index in [4.69, 9.17) is 4.42 Å². The van der Waals surface area contributed by atoms with Crippen LogP contribution in [0.1, 0.15) is 22.6 Å². The molecule has 2 heteroatoms. The molecular weight excluding hydrogens is 396 g/mol. The van der Waals surface area contributed by atoms with Gasteiger partial charge in [-0.1, -0.05) is 70.5 Å². The standard InChI is InChI=1S/C25H15BrO/c26-16-10-11-18-17-5-1-2-7-20(17)25(22(18)14-16)15-9-12-24-21(13-15)19-6-3-4-8-23(19)27-24/h1-14,25H. The Morgan fingerprint density at radius 2 is 1.41 bits per heavy atom. The van der Waals surface area contributed by atoms with Crippen LogP contribution in [0.15, 0.2) is 93.8 Å². The predicted octanol–water partition coefficient (Wildman–Crippen LogP) is 7.51. The summed E-state index contributed by atoms with van der Waals surface area (Å²) in [4.78, 5) is 0. The van der Waals surface area contributed by atoms with E-state index in [1.54, 1.807) is 0 Å². The van der Waals surface area contributed by atoms with Crippen molar-refractivity contribution in [3.8, 4) is 11.1 Å². The van der Waals surface area contributed by atoms with Crippen LogP contribution in [-0.2, 0) is 0 Å². The Kier molecular flexibility index (Phi) is 3.15. The van der Waals surface area contributed by atoms with Crippen LogP contribution in [0.2, 0.25) is 0 Å². The molecule has 1 heterocycles. The summed E-state index contributed by atoms with van der Waals surface area (Å²) < 4.78 is 7.14. The molecule has 4 aromatic carbocycles. The Morgan fingerprint density at radius 1 is 0.630 bits per heavy atom. The van der Waals surface area contributed by atoms with E-state index in [1.807, 2.05) is 12.1 Å². The van der Waals surface area contributed by atoms with E-state index in [2.05, 4.69) is 88.7 Å². The Labute approximate surface area is 165 Å². The third-order valence-electron chi connectivity index (χ3n) is 5.62. The Balaban J connectivity index is 1.64. The third-order valence-corrected chi connectivity index (χ3v) is 6.11. The summed E-state index contributed by atoms with van der Waals surface area (Å²) in [6.45, 7) is 0. The van der Waals surface area contributed by atoms with E-state index in [0.29, 0.717) is 0 Å². The molecule has 0 saturated carbocycles. The first kappa shape index (κ1) is 15.2. The summed E-state index contributed by atoms with van der Waals surface area (Å²) in [6.07, 6.45) is 0. The van der Waals surface area contributed by atoms with Crippen molar-refractivity contribution in [2.24, 2.45) is 0 Å². The molecule has 0 saturated heterocycles. The number of hydrogen-bond donors (Lipinski definition) is 0. The molecule has 1 aliphatic carbocycles. The van der Waals surface area contributed by atoms with Gasteiger partial charge in [-0.3, -0.25) is 0 Å². The van der Waals surface area contributed by atoms with Crippen molar-refractivity contribution in [1.29, 1.82) is 0 Å². The van der Waals surface area contributed by atoms with Gasteiger partial charge in [0.25, 0.3) is 0 Å². The minimum Gasteiger partial charge on any atom is -0.456 e. The zero-order chi connectivity index (χ0) is 18.0. The highest BCUT2D eigenvalue weighted by atomic mass is 79.9. The Bertz CT molecular complexity index is 1350. The van der Waals surface area contributed by atoms with Crippen molar-refractivity contribution in [3.63, 3.8) is 0 Å². The number of furan rings is 1. The quantitative estimate of drug-likeness (QED) is 0.273. The molecule has 1 atom stereocenters. The first-order valence-corrected chi connectivity index (χ1v) is 9.89. The van der Waals surface area contributed by atoms with Crippen LogP contribution in [0.3, 0.4) is 0 Å². The van der Waals surface area contributed by atoms with Gasteiger partial charge in [0.1, 0.15) is 11.2 Å². The van der Waals surface area contributed by atoms with Gasteiger partial charge >= 0.3 is 0 Å². The molecule has 0 N–H and O–H groups in total. The van der Waals surface area contributed by atoms with Gasteiger partial charge in [-0.15, -0.1) is 0 Å². The fourth-order valence-corrected chi connectivity index (χ4v) is 4.84. The molecule has 1 aromatic heterocycles. The highest BCUT2D eigenvalue weighted by molar-refractivity contribution is 9.10. The second-order valence-electron chi connectivity index (χ2n) is 7.11. The second-order valence-corrected chi connectivity index (χ2v) is 8.02. The molecule has 0 amide bonds. The van der Waals surface area contributed by atoms with Crippen LogP contribution in [0.25, 0.3) is 33.1 Å². The maximum absolute atomic E-state index is 6.02. The summed E-state index contributed by atoms with van der Waals surface area (Å²) >= 11 is 3.66. The minimum absolute atomic E-state index is 0.242. The lowest BCUT2D eigenvalue weighted by Crippen LogP contribution is -1.99. The fourth-order valence-electron chi connectivity index (χ4n) is 4.46. The zero-order valence-electron chi connectivity index (χ0n) is 14.4. The molecule has 0 spiro atoms. The molecule has 0 fully saturated rings. The normalized spacial score (nSPS) is 15.2. The number of halogens is 1. The highest BCUT2D eigenvalue weighted by Gasteiger charge is 2.30. The fraction of sp³-hybridized carbons (Fsp3) is 0.0400. The molecule has 1 aliphatic rings. The SMILES string of the molecule is Brc1ccc2c(c1)C(c1ccc3oc4ccccc4c3c1)c1ccccc1-2.